The standard InChI is InChI=1S/C17H28N4O10S4/c1-14-12-16(20(2)4-8-32(22)10-6-30-34(24,25)26)19-17(15(14)13-18)21(3)5-9-33(23)11-7-31-35(27,28)29/h12H,4-11H2,1-3H3,(H,24,25,26)(H,27,28,29). The Kier molecular flexibility index (Phi) is 12.6. The molecule has 2 unspecified atom stereocenters. The summed E-state index contributed by atoms with van der Waals surface area (Å²) in [7, 11) is -8.70. The van der Waals surface area contributed by atoms with Crippen LogP contribution in [0.4, 0.5) is 11.6 Å². The summed E-state index contributed by atoms with van der Waals surface area (Å²) < 4.78 is 91.7. The lowest BCUT2D eigenvalue weighted by Crippen LogP contribution is -2.29. The summed E-state index contributed by atoms with van der Waals surface area (Å²) in [5, 5.41) is 9.56. The van der Waals surface area contributed by atoms with Gasteiger partial charge >= 0.3 is 20.8 Å². The predicted octanol–water partition coefficient (Wildman–Crippen LogP) is -0.730. The third kappa shape index (κ3) is 12.7. The Morgan fingerprint density at radius 2 is 1.40 bits per heavy atom. The van der Waals surface area contributed by atoms with Crippen molar-refractivity contribution in [1.82, 2.24) is 4.98 Å². The van der Waals surface area contributed by atoms with E-state index < -0.39 is 55.6 Å². The van der Waals surface area contributed by atoms with Gasteiger partial charge < -0.3 is 9.80 Å². The highest BCUT2D eigenvalue weighted by Crippen LogP contribution is 2.25. The molecule has 0 bridgehead atoms. The Bertz CT molecular complexity index is 1170. The van der Waals surface area contributed by atoms with Gasteiger partial charge in [0.1, 0.15) is 17.7 Å². The van der Waals surface area contributed by atoms with Crippen molar-refractivity contribution in [3.63, 3.8) is 0 Å². The molecule has 0 amide bonds. The van der Waals surface area contributed by atoms with E-state index in [2.05, 4.69) is 19.4 Å². The van der Waals surface area contributed by atoms with Crippen molar-refractivity contribution in [2.45, 2.75) is 6.92 Å². The highest BCUT2D eigenvalue weighted by Gasteiger charge is 2.17. The summed E-state index contributed by atoms with van der Waals surface area (Å²) >= 11 is 0. The lowest BCUT2D eigenvalue weighted by Gasteiger charge is -2.24. The number of aromatic nitrogens is 1. The fourth-order valence-corrected chi connectivity index (χ4v) is 5.32. The van der Waals surface area contributed by atoms with E-state index in [0.29, 0.717) is 22.8 Å². The average molecular weight is 577 g/mol. The van der Waals surface area contributed by atoms with Gasteiger partial charge in [-0.2, -0.15) is 22.1 Å². The highest BCUT2D eigenvalue weighted by molar-refractivity contribution is 7.85. The van der Waals surface area contributed by atoms with Crippen LogP contribution in [-0.4, -0.2) is 103 Å². The van der Waals surface area contributed by atoms with Crippen molar-refractivity contribution >= 4 is 54.0 Å². The van der Waals surface area contributed by atoms with Crippen molar-refractivity contribution in [3.8, 4) is 6.07 Å². The summed E-state index contributed by atoms with van der Waals surface area (Å²) in [5.74, 6) is 0.915. The van der Waals surface area contributed by atoms with E-state index in [9.17, 15) is 30.5 Å². The van der Waals surface area contributed by atoms with Crippen LogP contribution in [-0.2, 0) is 50.8 Å². The lowest BCUT2D eigenvalue weighted by molar-refractivity contribution is 0.283. The molecule has 0 aliphatic rings. The number of hydrogen-bond donors (Lipinski definition) is 2. The second kappa shape index (κ2) is 14.1. The van der Waals surface area contributed by atoms with Gasteiger partial charge in [0.2, 0.25) is 0 Å². The first kappa shape index (κ1) is 31.3. The first-order valence-electron chi connectivity index (χ1n) is 9.90. The van der Waals surface area contributed by atoms with Gasteiger partial charge in [-0.3, -0.25) is 17.5 Å². The Hall–Kier alpha value is -1.72. The number of anilines is 2. The minimum atomic E-state index is -4.60. The number of nitriles is 1. The molecule has 35 heavy (non-hydrogen) atoms. The Balaban J connectivity index is 2.78. The highest BCUT2D eigenvalue weighted by atomic mass is 32.3. The fraction of sp³-hybridized carbons (Fsp3) is 0.647. The smallest absolute Gasteiger partial charge is 0.359 e. The maximum absolute atomic E-state index is 12.1. The molecule has 1 rings (SSSR count). The van der Waals surface area contributed by atoms with Crippen molar-refractivity contribution < 1.29 is 42.7 Å². The summed E-state index contributed by atoms with van der Waals surface area (Å²) in [6.07, 6.45) is 0. The van der Waals surface area contributed by atoms with Gasteiger partial charge in [-0.05, 0) is 18.6 Å². The molecule has 0 aliphatic carbocycles. The molecule has 1 aromatic rings. The number of nitrogens with zero attached hydrogens (tertiary/aromatic N) is 4. The molecule has 0 spiro atoms. The second-order valence-corrected chi connectivity index (χ2v) is 12.7. The second-order valence-electron chi connectivity index (χ2n) is 7.15. The van der Waals surface area contributed by atoms with Gasteiger partial charge in [0, 0.05) is 71.8 Å². The third-order valence-electron chi connectivity index (χ3n) is 4.44. The van der Waals surface area contributed by atoms with Gasteiger partial charge in [-0.25, -0.2) is 13.4 Å². The van der Waals surface area contributed by atoms with Gasteiger partial charge in [0.25, 0.3) is 0 Å². The topological polar surface area (TPSA) is 204 Å². The molecule has 2 atom stereocenters. The van der Waals surface area contributed by atoms with E-state index in [1.54, 1.807) is 36.9 Å². The summed E-state index contributed by atoms with van der Waals surface area (Å²) in [4.78, 5) is 7.85. The molecule has 0 fully saturated rings. The summed E-state index contributed by atoms with van der Waals surface area (Å²) in [6.45, 7) is 1.40. The minimum absolute atomic E-state index is 0.0894. The van der Waals surface area contributed by atoms with Crippen LogP contribution in [0.1, 0.15) is 11.1 Å². The van der Waals surface area contributed by atoms with Crippen LogP contribution in [0.15, 0.2) is 6.07 Å². The van der Waals surface area contributed by atoms with E-state index >= 15 is 0 Å². The molecule has 1 aromatic heterocycles. The van der Waals surface area contributed by atoms with Crippen molar-refractivity contribution in [3.05, 3.63) is 17.2 Å². The SMILES string of the molecule is Cc1cc(N(C)CCS(=O)CCOS(=O)(=O)O)nc(N(C)CCS(=O)CCOS(=O)(=O)O)c1C#N. The third-order valence-corrected chi connectivity index (χ3v) is 7.89. The predicted molar refractivity (Wildman–Crippen MR) is 131 cm³/mol. The van der Waals surface area contributed by atoms with Crippen LogP contribution in [0.5, 0.6) is 0 Å². The van der Waals surface area contributed by atoms with Crippen LogP contribution < -0.4 is 9.80 Å². The van der Waals surface area contributed by atoms with Crippen LogP contribution >= 0.6 is 0 Å². The van der Waals surface area contributed by atoms with Crippen LogP contribution in [0.3, 0.4) is 0 Å². The molecule has 0 saturated carbocycles. The molecule has 0 aromatic carbocycles. The first-order valence-corrected chi connectivity index (χ1v) is 15.6. The number of pyridine rings is 1. The first-order chi connectivity index (χ1) is 16.1. The molecule has 18 heteroatoms. The molecule has 1 heterocycles. The fourth-order valence-electron chi connectivity index (χ4n) is 2.62. The zero-order chi connectivity index (χ0) is 26.8. The molecule has 200 valence electrons. The van der Waals surface area contributed by atoms with Crippen LogP contribution in [0, 0.1) is 18.3 Å². The van der Waals surface area contributed by atoms with Crippen LogP contribution in [0.25, 0.3) is 0 Å². The number of rotatable bonds is 16. The Morgan fingerprint density at radius 1 is 0.943 bits per heavy atom. The van der Waals surface area contributed by atoms with Crippen molar-refractivity contribution in [1.29, 1.82) is 5.26 Å². The molecular weight excluding hydrogens is 548 g/mol. The lowest BCUT2D eigenvalue weighted by atomic mass is 10.1. The van der Waals surface area contributed by atoms with Crippen molar-refractivity contribution in [2.75, 3.05) is 73.2 Å². The van der Waals surface area contributed by atoms with E-state index in [0.717, 1.165) is 0 Å². The molecule has 14 nitrogen and oxygen atoms in total. The monoisotopic (exact) mass is 576 g/mol. The molecule has 0 saturated heterocycles. The number of hydrogen-bond acceptors (Lipinski definition) is 12. The molecule has 2 N–H and O–H groups in total. The maximum atomic E-state index is 12.1. The maximum Gasteiger partial charge on any atom is 0.397 e. The van der Waals surface area contributed by atoms with Gasteiger partial charge in [-0.15, -0.1) is 0 Å². The molecule has 0 aliphatic heterocycles. The zero-order valence-electron chi connectivity index (χ0n) is 19.3. The van der Waals surface area contributed by atoms with Gasteiger partial charge in [0.15, 0.2) is 0 Å². The van der Waals surface area contributed by atoms with E-state index in [-0.39, 0.29) is 36.1 Å². The van der Waals surface area contributed by atoms with Gasteiger partial charge in [-0.1, -0.05) is 0 Å². The quantitative estimate of drug-likeness (QED) is 0.233. The van der Waals surface area contributed by atoms with Crippen LogP contribution in [0.2, 0.25) is 0 Å². The Morgan fingerprint density at radius 3 is 1.83 bits per heavy atom. The minimum Gasteiger partial charge on any atom is -0.359 e. The summed E-state index contributed by atoms with van der Waals surface area (Å²) in [6, 6.07) is 3.78. The average Bonchev–Trinajstić information content (AvgIpc) is 2.73. The molecular formula is C17H28N4O10S4. The largest absolute Gasteiger partial charge is 0.397 e. The van der Waals surface area contributed by atoms with Gasteiger partial charge in [0.05, 0.1) is 18.8 Å². The summed E-state index contributed by atoms with van der Waals surface area (Å²) in [5.41, 5.74) is 0.952. The Labute approximate surface area is 210 Å². The van der Waals surface area contributed by atoms with E-state index in [1.807, 2.05) is 0 Å². The van der Waals surface area contributed by atoms with E-state index in [1.165, 1.54) is 0 Å². The van der Waals surface area contributed by atoms with E-state index in [4.69, 9.17) is 9.11 Å². The number of aryl methyl sites for hydroxylation is 1. The zero-order valence-corrected chi connectivity index (χ0v) is 22.6. The van der Waals surface area contributed by atoms with Crippen molar-refractivity contribution in [2.24, 2.45) is 0 Å². The molecule has 0 radical (unpaired) electrons. The normalized spacial score (nSPS) is 13.7.